The van der Waals surface area contributed by atoms with Crippen LogP contribution in [0.3, 0.4) is 0 Å². The number of benzene rings is 3. The molecule has 0 radical (unpaired) electrons. The number of amides is 3. The van der Waals surface area contributed by atoms with Crippen LogP contribution in [0.2, 0.25) is 10.0 Å². The summed E-state index contributed by atoms with van der Waals surface area (Å²) in [6.07, 6.45) is 0. The largest absolute Gasteiger partial charge is 0.378 e. The number of aromatic nitrogens is 1. The van der Waals surface area contributed by atoms with E-state index in [0.29, 0.717) is 26.3 Å². The number of carbonyl (C=O) groups excluding carboxylic acids is 3. The topological polar surface area (TPSA) is 91.7 Å². The molecule has 3 amide bonds. The minimum atomic E-state index is -0.766. The van der Waals surface area contributed by atoms with Gasteiger partial charge in [-0.1, -0.05) is 76.1 Å². The number of anilines is 3. The Bertz CT molecular complexity index is 1820. The molecular weight excluding hydrogens is 627 g/mol. The summed E-state index contributed by atoms with van der Waals surface area (Å²) in [7, 11) is 3.88. The molecule has 220 valence electrons. The fourth-order valence-electron chi connectivity index (χ4n) is 5.46. The lowest BCUT2D eigenvalue weighted by Gasteiger charge is -2.31. The van der Waals surface area contributed by atoms with Crippen molar-refractivity contribution in [2.45, 2.75) is 29.7 Å². The van der Waals surface area contributed by atoms with Crippen LogP contribution in [0.25, 0.3) is 0 Å². The normalized spacial score (nSPS) is 19.3. The van der Waals surface area contributed by atoms with Crippen LogP contribution in [0.4, 0.5) is 17.1 Å². The summed E-state index contributed by atoms with van der Waals surface area (Å²) < 4.78 is 1.39. The summed E-state index contributed by atoms with van der Waals surface area (Å²) in [6.45, 7) is 1.67. The number of thioether (sulfide) groups is 1. The van der Waals surface area contributed by atoms with E-state index < -0.39 is 23.0 Å². The van der Waals surface area contributed by atoms with Crippen molar-refractivity contribution in [1.82, 2.24) is 4.57 Å². The lowest BCUT2D eigenvalue weighted by molar-refractivity contribution is -0.122. The van der Waals surface area contributed by atoms with Crippen LogP contribution in [0.5, 0.6) is 0 Å². The number of hydrogen-bond donors (Lipinski definition) is 1. The fourth-order valence-corrected chi connectivity index (χ4v) is 8.53. The smallest absolute Gasteiger partial charge is 0.308 e. The van der Waals surface area contributed by atoms with Crippen molar-refractivity contribution in [3.8, 4) is 0 Å². The van der Waals surface area contributed by atoms with Gasteiger partial charge < -0.3 is 10.2 Å². The first-order chi connectivity index (χ1) is 20.5. The average Bonchev–Trinajstić information content (AvgIpc) is 3.41. The zero-order valence-corrected chi connectivity index (χ0v) is 26.5. The third kappa shape index (κ3) is 5.37. The van der Waals surface area contributed by atoms with E-state index in [4.69, 9.17) is 23.2 Å². The summed E-state index contributed by atoms with van der Waals surface area (Å²) >= 11 is 14.3. The van der Waals surface area contributed by atoms with E-state index in [0.717, 1.165) is 28.2 Å². The van der Waals surface area contributed by atoms with Crippen molar-refractivity contribution >= 4 is 81.1 Å². The third-order valence-electron chi connectivity index (χ3n) is 7.62. The maximum atomic E-state index is 14.0. The molecule has 3 aromatic carbocycles. The van der Waals surface area contributed by atoms with Gasteiger partial charge in [0.25, 0.3) is 0 Å². The first-order valence-corrected chi connectivity index (χ1v) is 15.9. The number of fused-ring (bicyclic) bond motifs is 2. The molecule has 8 nitrogen and oxygen atoms in total. The van der Waals surface area contributed by atoms with Gasteiger partial charge in [-0.15, -0.1) is 0 Å². The highest BCUT2D eigenvalue weighted by molar-refractivity contribution is 8.00. The van der Waals surface area contributed by atoms with E-state index in [1.807, 2.05) is 62.3 Å². The summed E-state index contributed by atoms with van der Waals surface area (Å²) in [5.41, 5.74) is 3.76. The van der Waals surface area contributed by atoms with Gasteiger partial charge in [0.1, 0.15) is 11.8 Å². The summed E-state index contributed by atoms with van der Waals surface area (Å²) in [5, 5.41) is 3.16. The van der Waals surface area contributed by atoms with Crippen molar-refractivity contribution < 1.29 is 14.4 Å². The molecule has 1 N–H and O–H groups in total. The Morgan fingerprint density at radius 2 is 1.63 bits per heavy atom. The molecule has 3 heterocycles. The van der Waals surface area contributed by atoms with Gasteiger partial charge >= 0.3 is 4.87 Å². The molecule has 2 aliphatic heterocycles. The van der Waals surface area contributed by atoms with Crippen LogP contribution in [0.1, 0.15) is 21.9 Å². The maximum absolute atomic E-state index is 14.0. The quantitative estimate of drug-likeness (QED) is 0.256. The van der Waals surface area contributed by atoms with Crippen molar-refractivity contribution in [2.75, 3.05) is 29.2 Å². The van der Waals surface area contributed by atoms with E-state index in [2.05, 4.69) is 5.32 Å². The van der Waals surface area contributed by atoms with Gasteiger partial charge in [0.15, 0.2) is 0 Å². The second-order valence-electron chi connectivity index (χ2n) is 10.7. The van der Waals surface area contributed by atoms with Crippen molar-refractivity contribution in [3.05, 3.63) is 102 Å². The molecule has 1 aromatic heterocycles. The van der Waals surface area contributed by atoms with Crippen LogP contribution in [0, 0.1) is 12.8 Å². The predicted octanol–water partition coefficient (Wildman–Crippen LogP) is 6.03. The van der Waals surface area contributed by atoms with Gasteiger partial charge in [-0.3, -0.25) is 23.7 Å². The summed E-state index contributed by atoms with van der Waals surface area (Å²) in [4.78, 5) is 58.0. The Morgan fingerprint density at radius 1 is 0.930 bits per heavy atom. The highest BCUT2D eigenvalue weighted by atomic mass is 35.5. The maximum Gasteiger partial charge on any atom is 0.308 e. The summed E-state index contributed by atoms with van der Waals surface area (Å²) in [5.74, 6) is -2.33. The van der Waals surface area contributed by atoms with Gasteiger partial charge in [0, 0.05) is 36.3 Å². The number of aryl methyl sites for hydroxylation is 1. The molecule has 0 spiro atoms. The highest BCUT2D eigenvalue weighted by Crippen LogP contribution is 2.54. The zero-order chi connectivity index (χ0) is 30.6. The van der Waals surface area contributed by atoms with Crippen LogP contribution in [-0.4, -0.2) is 41.6 Å². The average molecular weight is 654 g/mol. The van der Waals surface area contributed by atoms with E-state index >= 15 is 0 Å². The lowest BCUT2D eigenvalue weighted by atomic mass is 9.83. The number of imide groups is 1. The highest BCUT2D eigenvalue weighted by Gasteiger charge is 2.56. The third-order valence-corrected chi connectivity index (χ3v) is 11.0. The van der Waals surface area contributed by atoms with Crippen LogP contribution in [0.15, 0.2) is 76.6 Å². The number of carbonyl (C=O) groups is 3. The Morgan fingerprint density at radius 3 is 2.28 bits per heavy atom. The number of thiazole rings is 1. The molecule has 43 heavy (non-hydrogen) atoms. The van der Waals surface area contributed by atoms with Gasteiger partial charge in [-0.05, 0) is 55.0 Å². The zero-order valence-electron chi connectivity index (χ0n) is 23.3. The molecule has 6 rings (SSSR count). The Labute approximate surface area is 266 Å². The van der Waals surface area contributed by atoms with E-state index in [9.17, 15) is 19.2 Å². The first-order valence-electron chi connectivity index (χ1n) is 13.4. The minimum absolute atomic E-state index is 0.272. The molecule has 3 unspecified atom stereocenters. The molecule has 0 bridgehead atoms. The van der Waals surface area contributed by atoms with Crippen LogP contribution >= 0.6 is 46.3 Å². The number of halogens is 2. The molecule has 0 saturated carbocycles. The molecule has 0 aliphatic carbocycles. The Balaban J connectivity index is 1.40. The monoisotopic (exact) mass is 652 g/mol. The second kappa shape index (κ2) is 11.5. The molecule has 1 fully saturated rings. The number of nitrogens with zero attached hydrogens (tertiary/aromatic N) is 3. The minimum Gasteiger partial charge on any atom is -0.378 e. The molecular formula is C31H26Cl2N4O4S2. The Kier molecular flexibility index (Phi) is 7.89. The van der Waals surface area contributed by atoms with Gasteiger partial charge in [0.2, 0.25) is 17.7 Å². The van der Waals surface area contributed by atoms with Crippen molar-refractivity contribution in [3.63, 3.8) is 0 Å². The number of nitrogens with one attached hydrogen (secondary N) is 1. The van der Waals surface area contributed by atoms with E-state index in [1.165, 1.54) is 27.3 Å². The molecule has 1 saturated heterocycles. The van der Waals surface area contributed by atoms with Crippen LogP contribution < -0.4 is 20.0 Å². The molecule has 4 aromatic rings. The van der Waals surface area contributed by atoms with E-state index in [1.54, 1.807) is 24.3 Å². The summed E-state index contributed by atoms with van der Waals surface area (Å²) in [6, 6.07) is 19.8. The SMILES string of the molecule is Cc1ccc(N2C(=O)C3Sc4c(sc(=O)n4CC(=O)Nc4ccc(Cl)c(Cl)c4)C(c4ccc(N(C)C)cc4)C3C2=O)cc1. The lowest BCUT2D eigenvalue weighted by Crippen LogP contribution is -2.33. The number of hydrogen-bond acceptors (Lipinski definition) is 7. The van der Waals surface area contributed by atoms with E-state index in [-0.39, 0.29) is 28.3 Å². The standard InChI is InChI=1S/C31H26Cl2N4O4S2/c1-16-4-9-20(10-5-16)37-28(39)25-24(17-6-11-19(12-7-17)35(2)3)27-30(42-26(25)29(37)40)36(31(41)43-27)15-23(38)34-18-8-13-21(32)22(33)14-18/h4-14,24-26H,15H2,1-3H3,(H,34,38). The predicted molar refractivity (Wildman–Crippen MR) is 173 cm³/mol. The van der Waals surface area contributed by atoms with Gasteiger partial charge in [-0.25, -0.2) is 4.90 Å². The fraction of sp³-hybridized carbons (Fsp3) is 0.226. The van der Waals surface area contributed by atoms with Crippen molar-refractivity contribution in [1.29, 1.82) is 0 Å². The van der Waals surface area contributed by atoms with Gasteiger partial charge in [-0.2, -0.15) is 0 Å². The molecule has 2 aliphatic rings. The van der Waals surface area contributed by atoms with Crippen LogP contribution in [-0.2, 0) is 20.9 Å². The molecule has 12 heteroatoms. The molecule has 3 atom stereocenters. The number of rotatable bonds is 6. The second-order valence-corrected chi connectivity index (χ2v) is 13.6. The van der Waals surface area contributed by atoms with Gasteiger partial charge in [0.05, 0.1) is 26.7 Å². The Hall–Kier alpha value is -3.57. The first kappa shape index (κ1) is 29.5. The van der Waals surface area contributed by atoms with Crippen molar-refractivity contribution in [2.24, 2.45) is 5.92 Å².